The smallest absolute Gasteiger partial charge is 0.270 e. The molecular formula is C16H20N4O3. The molecule has 1 unspecified atom stereocenters. The molecule has 1 aromatic carbocycles. The highest BCUT2D eigenvalue weighted by Crippen LogP contribution is 2.31. The van der Waals surface area contributed by atoms with Gasteiger partial charge < -0.3 is 9.64 Å². The fourth-order valence-corrected chi connectivity index (χ4v) is 3.40. The van der Waals surface area contributed by atoms with Crippen molar-refractivity contribution in [3.05, 3.63) is 33.9 Å². The molecule has 2 heterocycles. The SMILES string of the molecule is N#Cc1cc([N+](=O)[O-])ccc1N1CCCC1CN1CCOCC1. The highest BCUT2D eigenvalue weighted by atomic mass is 16.6. The van der Waals surface area contributed by atoms with Crippen molar-refractivity contribution in [2.75, 3.05) is 44.3 Å². The van der Waals surface area contributed by atoms with E-state index >= 15 is 0 Å². The first kappa shape index (κ1) is 15.7. The molecule has 23 heavy (non-hydrogen) atoms. The Morgan fingerprint density at radius 1 is 1.35 bits per heavy atom. The number of non-ortho nitro benzene ring substituents is 1. The average Bonchev–Trinajstić information content (AvgIpc) is 3.03. The van der Waals surface area contributed by atoms with Crippen LogP contribution in [0.15, 0.2) is 18.2 Å². The Bertz CT molecular complexity index is 622. The molecule has 122 valence electrons. The second kappa shape index (κ2) is 6.94. The number of ether oxygens (including phenoxy) is 1. The number of anilines is 1. The van der Waals surface area contributed by atoms with Gasteiger partial charge >= 0.3 is 0 Å². The Balaban J connectivity index is 1.79. The first-order valence-corrected chi connectivity index (χ1v) is 7.94. The summed E-state index contributed by atoms with van der Waals surface area (Å²) in [6.07, 6.45) is 2.16. The van der Waals surface area contributed by atoms with Gasteiger partial charge in [-0.15, -0.1) is 0 Å². The van der Waals surface area contributed by atoms with E-state index in [-0.39, 0.29) is 5.69 Å². The van der Waals surface area contributed by atoms with Crippen LogP contribution < -0.4 is 4.90 Å². The number of nitrogens with zero attached hydrogens (tertiary/aromatic N) is 4. The fourth-order valence-electron chi connectivity index (χ4n) is 3.40. The van der Waals surface area contributed by atoms with Crippen molar-refractivity contribution in [2.45, 2.75) is 18.9 Å². The van der Waals surface area contributed by atoms with Gasteiger partial charge in [-0.05, 0) is 18.9 Å². The van der Waals surface area contributed by atoms with E-state index in [1.54, 1.807) is 6.07 Å². The number of morpholine rings is 1. The highest BCUT2D eigenvalue weighted by molar-refractivity contribution is 5.64. The lowest BCUT2D eigenvalue weighted by Gasteiger charge is -2.34. The lowest BCUT2D eigenvalue weighted by Crippen LogP contribution is -2.45. The molecule has 0 aliphatic carbocycles. The van der Waals surface area contributed by atoms with Crippen LogP contribution in [0.25, 0.3) is 0 Å². The van der Waals surface area contributed by atoms with Crippen LogP contribution in [-0.4, -0.2) is 55.3 Å². The zero-order valence-electron chi connectivity index (χ0n) is 13.0. The third kappa shape index (κ3) is 3.44. The number of nitro groups is 1. The summed E-state index contributed by atoms with van der Waals surface area (Å²) in [5.41, 5.74) is 1.16. The van der Waals surface area contributed by atoms with E-state index < -0.39 is 4.92 Å². The molecule has 0 amide bonds. The van der Waals surface area contributed by atoms with E-state index in [4.69, 9.17) is 4.74 Å². The van der Waals surface area contributed by atoms with Crippen molar-refractivity contribution in [3.8, 4) is 6.07 Å². The van der Waals surface area contributed by atoms with Crippen LogP contribution in [0.2, 0.25) is 0 Å². The van der Waals surface area contributed by atoms with Gasteiger partial charge in [-0.25, -0.2) is 0 Å². The number of rotatable bonds is 4. The maximum atomic E-state index is 10.9. The normalized spacial score (nSPS) is 22.0. The Morgan fingerprint density at radius 3 is 2.83 bits per heavy atom. The molecular weight excluding hydrogens is 296 g/mol. The van der Waals surface area contributed by atoms with Crippen molar-refractivity contribution < 1.29 is 9.66 Å². The van der Waals surface area contributed by atoms with Crippen LogP contribution in [-0.2, 0) is 4.74 Å². The number of hydrogen-bond donors (Lipinski definition) is 0. The molecule has 0 aromatic heterocycles. The third-order valence-electron chi connectivity index (χ3n) is 4.57. The van der Waals surface area contributed by atoms with Gasteiger partial charge in [0.15, 0.2) is 0 Å². The summed E-state index contributed by atoms with van der Waals surface area (Å²) >= 11 is 0. The van der Waals surface area contributed by atoms with Gasteiger partial charge in [-0.1, -0.05) is 0 Å². The molecule has 2 aliphatic heterocycles. The maximum Gasteiger partial charge on any atom is 0.270 e. The Hall–Kier alpha value is -2.17. The average molecular weight is 316 g/mol. The van der Waals surface area contributed by atoms with Crippen molar-refractivity contribution in [1.29, 1.82) is 5.26 Å². The Morgan fingerprint density at radius 2 is 2.13 bits per heavy atom. The van der Waals surface area contributed by atoms with Crippen LogP contribution in [0, 0.1) is 21.4 Å². The number of benzene rings is 1. The minimum Gasteiger partial charge on any atom is -0.379 e. The van der Waals surface area contributed by atoms with Crippen molar-refractivity contribution in [3.63, 3.8) is 0 Å². The highest BCUT2D eigenvalue weighted by Gasteiger charge is 2.29. The summed E-state index contributed by atoms with van der Waals surface area (Å²) in [4.78, 5) is 15.1. The quantitative estimate of drug-likeness (QED) is 0.622. The van der Waals surface area contributed by atoms with Gasteiger partial charge in [0.25, 0.3) is 5.69 Å². The second-order valence-corrected chi connectivity index (χ2v) is 5.97. The third-order valence-corrected chi connectivity index (χ3v) is 4.57. The van der Waals surface area contributed by atoms with Crippen LogP contribution in [0.4, 0.5) is 11.4 Å². The summed E-state index contributed by atoms with van der Waals surface area (Å²) < 4.78 is 5.39. The number of nitro benzene ring substituents is 1. The van der Waals surface area contributed by atoms with E-state index in [9.17, 15) is 15.4 Å². The molecule has 3 rings (SSSR count). The molecule has 1 atom stereocenters. The zero-order valence-corrected chi connectivity index (χ0v) is 13.0. The van der Waals surface area contributed by atoms with E-state index in [1.165, 1.54) is 12.1 Å². The minimum absolute atomic E-state index is 0.0331. The van der Waals surface area contributed by atoms with Crippen molar-refractivity contribution >= 4 is 11.4 Å². The van der Waals surface area contributed by atoms with E-state index in [0.717, 1.165) is 57.9 Å². The molecule has 0 bridgehead atoms. The standard InChI is InChI=1S/C16H20N4O3/c17-11-13-10-14(20(21)22)3-4-16(13)19-5-1-2-15(19)12-18-6-8-23-9-7-18/h3-4,10,15H,1-2,5-9,12H2. The first-order chi connectivity index (χ1) is 11.2. The zero-order chi connectivity index (χ0) is 16.2. The molecule has 2 aliphatic rings. The summed E-state index contributed by atoms with van der Waals surface area (Å²) in [6, 6.07) is 7.04. The Labute approximate surface area is 135 Å². The molecule has 0 N–H and O–H groups in total. The molecule has 2 fully saturated rings. The van der Waals surface area contributed by atoms with Crippen LogP contribution in [0.1, 0.15) is 18.4 Å². The Kier molecular flexibility index (Phi) is 4.74. The second-order valence-electron chi connectivity index (χ2n) is 5.97. The van der Waals surface area contributed by atoms with E-state index in [0.29, 0.717) is 11.6 Å². The van der Waals surface area contributed by atoms with E-state index in [1.807, 2.05) is 0 Å². The molecule has 0 radical (unpaired) electrons. The van der Waals surface area contributed by atoms with Gasteiger partial charge in [0.1, 0.15) is 6.07 Å². The lowest BCUT2D eigenvalue weighted by molar-refractivity contribution is -0.384. The largest absolute Gasteiger partial charge is 0.379 e. The summed E-state index contributed by atoms with van der Waals surface area (Å²) in [6.45, 7) is 5.26. The van der Waals surface area contributed by atoms with Crippen LogP contribution in [0.3, 0.4) is 0 Å². The van der Waals surface area contributed by atoms with Gasteiger partial charge in [0.05, 0.1) is 29.4 Å². The summed E-state index contributed by atoms with van der Waals surface area (Å²) in [5, 5.41) is 20.3. The van der Waals surface area contributed by atoms with Crippen LogP contribution >= 0.6 is 0 Å². The molecule has 7 heteroatoms. The van der Waals surface area contributed by atoms with Gasteiger partial charge in [-0.2, -0.15) is 5.26 Å². The molecule has 2 saturated heterocycles. The topological polar surface area (TPSA) is 82.6 Å². The first-order valence-electron chi connectivity index (χ1n) is 7.94. The summed E-state index contributed by atoms with van der Waals surface area (Å²) in [5.74, 6) is 0. The number of nitriles is 1. The van der Waals surface area contributed by atoms with Gasteiger partial charge in [0.2, 0.25) is 0 Å². The molecule has 0 saturated carbocycles. The van der Waals surface area contributed by atoms with Gasteiger partial charge in [0, 0.05) is 44.4 Å². The molecule has 1 aromatic rings. The number of hydrogen-bond acceptors (Lipinski definition) is 6. The maximum absolute atomic E-state index is 10.9. The van der Waals surface area contributed by atoms with Crippen molar-refractivity contribution in [2.24, 2.45) is 0 Å². The predicted octanol–water partition coefficient (Wildman–Crippen LogP) is 1.77. The van der Waals surface area contributed by atoms with E-state index in [2.05, 4.69) is 15.9 Å². The molecule has 0 spiro atoms. The van der Waals surface area contributed by atoms with Crippen LogP contribution in [0.5, 0.6) is 0 Å². The monoisotopic (exact) mass is 316 g/mol. The van der Waals surface area contributed by atoms with Crippen molar-refractivity contribution in [1.82, 2.24) is 4.90 Å². The lowest BCUT2D eigenvalue weighted by atomic mass is 10.1. The fraction of sp³-hybridized carbons (Fsp3) is 0.562. The molecule has 7 nitrogen and oxygen atoms in total. The summed E-state index contributed by atoms with van der Waals surface area (Å²) in [7, 11) is 0. The minimum atomic E-state index is -0.459. The van der Waals surface area contributed by atoms with Gasteiger partial charge in [-0.3, -0.25) is 15.0 Å². The predicted molar refractivity (Wildman–Crippen MR) is 85.4 cm³/mol.